The lowest BCUT2D eigenvalue weighted by atomic mass is 9.72. The highest BCUT2D eigenvalue weighted by molar-refractivity contribution is 7.89. The molecular formula is C15H22N2O3S. The van der Waals surface area contributed by atoms with Crippen LogP contribution in [0.1, 0.15) is 32.1 Å². The number of ether oxygens (including phenoxy) is 1. The molecule has 6 heteroatoms. The lowest BCUT2D eigenvalue weighted by molar-refractivity contribution is -0.142. The average molecular weight is 310 g/mol. The van der Waals surface area contributed by atoms with Gasteiger partial charge in [-0.3, -0.25) is 0 Å². The van der Waals surface area contributed by atoms with Crippen molar-refractivity contribution in [3.63, 3.8) is 0 Å². The number of sulfonamides is 1. The summed E-state index contributed by atoms with van der Waals surface area (Å²) in [6.45, 7) is 1.20. The van der Waals surface area contributed by atoms with Crippen molar-refractivity contribution in [3.8, 4) is 0 Å². The maximum atomic E-state index is 12.3. The third-order valence-electron chi connectivity index (χ3n) is 4.63. The van der Waals surface area contributed by atoms with Crippen LogP contribution in [0.5, 0.6) is 0 Å². The molecule has 0 amide bonds. The van der Waals surface area contributed by atoms with Crippen LogP contribution >= 0.6 is 0 Å². The predicted molar refractivity (Wildman–Crippen MR) is 81.3 cm³/mol. The number of benzene rings is 1. The van der Waals surface area contributed by atoms with Crippen molar-refractivity contribution in [1.82, 2.24) is 4.72 Å². The Bertz CT molecular complexity index is 611. The summed E-state index contributed by atoms with van der Waals surface area (Å²) in [7, 11) is -3.53. The van der Waals surface area contributed by atoms with E-state index in [0.717, 1.165) is 32.3 Å². The Kier molecular flexibility index (Phi) is 3.94. The Morgan fingerprint density at radius 1 is 1.33 bits per heavy atom. The summed E-state index contributed by atoms with van der Waals surface area (Å²) in [4.78, 5) is 0.162. The molecule has 3 N–H and O–H groups in total. The van der Waals surface area contributed by atoms with Gasteiger partial charge in [-0.1, -0.05) is 12.1 Å². The van der Waals surface area contributed by atoms with Crippen molar-refractivity contribution >= 4 is 15.7 Å². The van der Waals surface area contributed by atoms with Gasteiger partial charge in [0.05, 0.1) is 11.3 Å². The van der Waals surface area contributed by atoms with Crippen LogP contribution in [0.4, 0.5) is 5.69 Å². The van der Waals surface area contributed by atoms with Gasteiger partial charge in [0, 0.05) is 13.2 Å². The maximum Gasteiger partial charge on any atom is 0.242 e. The number of nitrogens with two attached hydrogens (primary N) is 1. The lowest BCUT2D eigenvalue weighted by Gasteiger charge is -2.47. The zero-order valence-corrected chi connectivity index (χ0v) is 12.9. The van der Waals surface area contributed by atoms with Crippen molar-refractivity contribution in [2.75, 3.05) is 18.9 Å². The molecule has 1 aromatic carbocycles. The van der Waals surface area contributed by atoms with E-state index in [1.165, 1.54) is 12.5 Å². The zero-order valence-electron chi connectivity index (χ0n) is 12.0. The van der Waals surface area contributed by atoms with Crippen LogP contribution < -0.4 is 10.5 Å². The molecule has 1 atom stereocenters. The molecule has 2 aliphatic rings. The minimum Gasteiger partial charge on any atom is -0.398 e. The van der Waals surface area contributed by atoms with Crippen LogP contribution in [0.15, 0.2) is 29.2 Å². The summed E-state index contributed by atoms with van der Waals surface area (Å²) in [6, 6.07) is 6.55. The number of nitrogens with one attached hydrogen (secondary N) is 1. The van der Waals surface area contributed by atoms with E-state index in [2.05, 4.69) is 4.72 Å². The molecule has 3 rings (SSSR count). The summed E-state index contributed by atoms with van der Waals surface area (Å²) in [5, 5.41) is 0. The second-order valence-corrected chi connectivity index (χ2v) is 7.87. The molecule has 1 saturated heterocycles. The second kappa shape index (κ2) is 5.59. The number of para-hydroxylation sites is 1. The Labute approximate surface area is 125 Å². The molecule has 0 aromatic heterocycles. The quantitative estimate of drug-likeness (QED) is 0.832. The van der Waals surface area contributed by atoms with Crippen LogP contribution in [0.3, 0.4) is 0 Å². The Hall–Kier alpha value is -1.11. The maximum absolute atomic E-state index is 12.3. The van der Waals surface area contributed by atoms with Gasteiger partial charge in [0.15, 0.2) is 0 Å². The van der Waals surface area contributed by atoms with Gasteiger partial charge >= 0.3 is 0 Å². The summed E-state index contributed by atoms with van der Waals surface area (Å²) in [6.07, 6.45) is 5.32. The molecule has 1 aliphatic heterocycles. The summed E-state index contributed by atoms with van der Waals surface area (Å²) in [5.74, 6) is 0.346. The Morgan fingerprint density at radius 3 is 2.76 bits per heavy atom. The molecular weight excluding hydrogens is 288 g/mol. The summed E-state index contributed by atoms with van der Waals surface area (Å²) in [5.41, 5.74) is 6.08. The van der Waals surface area contributed by atoms with Crippen LogP contribution in [-0.4, -0.2) is 27.2 Å². The van der Waals surface area contributed by atoms with Gasteiger partial charge in [0.2, 0.25) is 10.0 Å². The van der Waals surface area contributed by atoms with Gasteiger partial charge in [-0.25, -0.2) is 13.1 Å². The SMILES string of the molecule is Nc1ccccc1S(=O)(=O)NCC1CCOC2(CCC2)C1. The third-order valence-corrected chi connectivity index (χ3v) is 6.13. The average Bonchev–Trinajstić information content (AvgIpc) is 2.44. The van der Waals surface area contributed by atoms with Gasteiger partial charge in [-0.15, -0.1) is 0 Å². The topological polar surface area (TPSA) is 81.4 Å². The minimum atomic E-state index is -3.53. The second-order valence-electron chi connectivity index (χ2n) is 6.13. The third kappa shape index (κ3) is 3.07. The summed E-state index contributed by atoms with van der Waals surface area (Å²) >= 11 is 0. The first-order valence-electron chi connectivity index (χ1n) is 7.49. The van der Waals surface area contributed by atoms with Crippen LogP contribution in [0, 0.1) is 5.92 Å². The fraction of sp³-hybridized carbons (Fsp3) is 0.600. The molecule has 1 spiro atoms. The van der Waals surface area contributed by atoms with Gasteiger partial charge in [-0.2, -0.15) is 0 Å². The largest absolute Gasteiger partial charge is 0.398 e. The molecule has 1 aromatic rings. The number of rotatable bonds is 4. The fourth-order valence-electron chi connectivity index (χ4n) is 3.25. The highest BCUT2D eigenvalue weighted by Gasteiger charge is 2.42. The smallest absolute Gasteiger partial charge is 0.242 e. The minimum absolute atomic E-state index is 0.0418. The van der Waals surface area contributed by atoms with E-state index in [1.807, 2.05) is 0 Å². The van der Waals surface area contributed by atoms with E-state index >= 15 is 0 Å². The first kappa shape index (κ1) is 14.8. The van der Waals surface area contributed by atoms with E-state index in [0.29, 0.717) is 12.5 Å². The monoisotopic (exact) mass is 310 g/mol. The van der Waals surface area contributed by atoms with Crippen LogP contribution in [0.2, 0.25) is 0 Å². The number of hydrogen-bond donors (Lipinski definition) is 2. The van der Waals surface area contributed by atoms with Crippen molar-refractivity contribution in [2.45, 2.75) is 42.6 Å². The molecule has 21 heavy (non-hydrogen) atoms. The molecule has 1 heterocycles. The lowest BCUT2D eigenvalue weighted by Crippen LogP contribution is -2.47. The first-order valence-corrected chi connectivity index (χ1v) is 8.97. The van der Waals surface area contributed by atoms with Crippen LogP contribution in [0.25, 0.3) is 0 Å². The van der Waals surface area contributed by atoms with Crippen molar-refractivity contribution in [2.24, 2.45) is 5.92 Å². The normalized spacial score (nSPS) is 24.7. The van der Waals surface area contributed by atoms with E-state index in [4.69, 9.17) is 10.5 Å². The molecule has 2 fully saturated rings. The standard InChI is InChI=1S/C15H22N2O3S/c16-13-4-1-2-5-14(13)21(18,19)17-11-12-6-9-20-15(10-12)7-3-8-15/h1-2,4-5,12,17H,3,6-11,16H2. The fourth-order valence-corrected chi connectivity index (χ4v) is 4.50. The number of anilines is 1. The van der Waals surface area contributed by atoms with Crippen molar-refractivity contribution in [1.29, 1.82) is 0 Å². The molecule has 1 saturated carbocycles. The molecule has 1 aliphatic carbocycles. The van der Waals surface area contributed by atoms with Gasteiger partial charge in [0.1, 0.15) is 4.90 Å². The highest BCUT2D eigenvalue weighted by atomic mass is 32.2. The highest BCUT2D eigenvalue weighted by Crippen LogP contribution is 2.44. The number of hydrogen-bond acceptors (Lipinski definition) is 4. The van der Waals surface area contributed by atoms with Gasteiger partial charge < -0.3 is 10.5 Å². The molecule has 5 nitrogen and oxygen atoms in total. The zero-order chi connectivity index (χ0) is 14.9. The van der Waals surface area contributed by atoms with E-state index in [-0.39, 0.29) is 16.2 Å². The Morgan fingerprint density at radius 2 is 2.10 bits per heavy atom. The first-order chi connectivity index (χ1) is 10.0. The summed E-state index contributed by atoms with van der Waals surface area (Å²) < 4.78 is 33.2. The number of nitrogen functional groups attached to an aromatic ring is 1. The van der Waals surface area contributed by atoms with E-state index in [1.54, 1.807) is 18.2 Å². The van der Waals surface area contributed by atoms with Gasteiger partial charge in [0.25, 0.3) is 0 Å². The molecule has 116 valence electrons. The molecule has 0 bridgehead atoms. The molecule has 1 unspecified atom stereocenters. The van der Waals surface area contributed by atoms with Gasteiger partial charge in [-0.05, 0) is 50.2 Å². The van der Waals surface area contributed by atoms with Crippen LogP contribution in [-0.2, 0) is 14.8 Å². The van der Waals surface area contributed by atoms with Crippen molar-refractivity contribution < 1.29 is 13.2 Å². The van der Waals surface area contributed by atoms with E-state index < -0.39 is 10.0 Å². The Balaban J connectivity index is 1.63. The van der Waals surface area contributed by atoms with E-state index in [9.17, 15) is 8.42 Å². The molecule has 0 radical (unpaired) electrons. The van der Waals surface area contributed by atoms with Crippen molar-refractivity contribution in [3.05, 3.63) is 24.3 Å². The predicted octanol–water partition coefficient (Wildman–Crippen LogP) is 1.90.